The molecule has 5 heteroatoms. The van der Waals surface area contributed by atoms with Crippen LogP contribution in [0.1, 0.15) is 30.9 Å². The number of nitrogens with zero attached hydrogens (tertiary/aromatic N) is 2. The van der Waals surface area contributed by atoms with E-state index in [1.54, 1.807) is 0 Å². The number of fused-ring (bicyclic) bond motifs is 1. The van der Waals surface area contributed by atoms with E-state index in [0.717, 1.165) is 54.6 Å². The Labute approximate surface area is 142 Å². The molecule has 1 saturated heterocycles. The van der Waals surface area contributed by atoms with E-state index in [1.807, 2.05) is 43.0 Å². The maximum atomic E-state index is 12.4. The van der Waals surface area contributed by atoms with Gasteiger partial charge in [0.15, 0.2) is 0 Å². The number of para-hydroxylation sites is 1. The molecule has 2 heterocycles. The second kappa shape index (κ2) is 7.18. The molecule has 0 aliphatic carbocycles. The number of amides is 1. The van der Waals surface area contributed by atoms with Gasteiger partial charge < -0.3 is 9.88 Å². The lowest BCUT2D eigenvalue weighted by atomic mass is 10.1. The first-order valence-electron chi connectivity index (χ1n) is 8.70. The number of hydrogen-bond acceptors (Lipinski definition) is 3. The predicted octanol–water partition coefficient (Wildman–Crippen LogP) is 2.28. The third-order valence-corrected chi connectivity index (χ3v) is 4.75. The van der Waals surface area contributed by atoms with Gasteiger partial charge in [-0.3, -0.25) is 14.5 Å². The van der Waals surface area contributed by atoms with E-state index in [0.29, 0.717) is 13.0 Å². The van der Waals surface area contributed by atoms with Gasteiger partial charge in [0.2, 0.25) is 5.91 Å². The normalized spacial score (nSPS) is 15.8. The van der Waals surface area contributed by atoms with E-state index >= 15 is 0 Å². The van der Waals surface area contributed by atoms with Gasteiger partial charge in [-0.05, 0) is 30.4 Å². The number of aryl methyl sites for hydroxylation is 1. The lowest BCUT2D eigenvalue weighted by Gasteiger charge is -2.34. The number of pyridine rings is 1. The van der Waals surface area contributed by atoms with Crippen LogP contribution in [0.4, 0.5) is 0 Å². The second-order valence-electron chi connectivity index (χ2n) is 6.57. The summed E-state index contributed by atoms with van der Waals surface area (Å²) >= 11 is 0. The Balaban J connectivity index is 1.69. The smallest absolute Gasteiger partial charge is 0.252 e. The molecule has 1 N–H and O–H groups in total. The summed E-state index contributed by atoms with van der Waals surface area (Å²) in [6.07, 6.45) is 1.52. The monoisotopic (exact) mass is 327 g/mol. The van der Waals surface area contributed by atoms with Crippen LogP contribution < -0.4 is 5.56 Å². The van der Waals surface area contributed by atoms with Crippen LogP contribution >= 0.6 is 0 Å². The quantitative estimate of drug-likeness (QED) is 0.937. The lowest BCUT2D eigenvalue weighted by molar-refractivity contribution is -0.133. The highest BCUT2D eigenvalue weighted by atomic mass is 16.2. The van der Waals surface area contributed by atoms with Crippen LogP contribution in [0, 0.1) is 6.92 Å². The van der Waals surface area contributed by atoms with Crippen molar-refractivity contribution in [3.8, 4) is 0 Å². The van der Waals surface area contributed by atoms with Crippen molar-refractivity contribution in [2.24, 2.45) is 0 Å². The summed E-state index contributed by atoms with van der Waals surface area (Å²) in [6.45, 7) is 7.82. The van der Waals surface area contributed by atoms with Crippen molar-refractivity contribution in [1.82, 2.24) is 14.8 Å². The third-order valence-electron chi connectivity index (χ3n) is 4.75. The van der Waals surface area contributed by atoms with Crippen LogP contribution in [-0.4, -0.2) is 46.9 Å². The molecule has 5 nitrogen and oxygen atoms in total. The fraction of sp³-hybridized carbons (Fsp3) is 0.474. The van der Waals surface area contributed by atoms with Crippen molar-refractivity contribution in [2.45, 2.75) is 33.2 Å². The number of aromatic nitrogens is 1. The van der Waals surface area contributed by atoms with Gasteiger partial charge in [-0.2, -0.15) is 0 Å². The van der Waals surface area contributed by atoms with Gasteiger partial charge in [-0.1, -0.05) is 25.1 Å². The summed E-state index contributed by atoms with van der Waals surface area (Å²) in [5.74, 6) is 0.246. The minimum Gasteiger partial charge on any atom is -0.340 e. The zero-order valence-corrected chi connectivity index (χ0v) is 14.5. The summed E-state index contributed by atoms with van der Waals surface area (Å²) in [4.78, 5) is 31.5. The summed E-state index contributed by atoms with van der Waals surface area (Å²) in [5, 5.41) is 1.07. The van der Waals surface area contributed by atoms with E-state index in [2.05, 4.69) is 9.88 Å². The number of carbonyl (C=O) groups excluding carboxylic acids is 1. The average Bonchev–Trinajstić information content (AvgIpc) is 2.57. The highest BCUT2D eigenvalue weighted by Gasteiger charge is 2.21. The molecule has 1 aliphatic rings. The maximum absolute atomic E-state index is 12.4. The molecule has 0 radical (unpaired) electrons. The molecule has 1 aliphatic heterocycles. The summed E-state index contributed by atoms with van der Waals surface area (Å²) in [5.41, 5.74) is 2.78. The summed E-state index contributed by atoms with van der Waals surface area (Å²) in [7, 11) is 0. The molecule has 0 unspecified atom stereocenters. The molecule has 0 spiro atoms. The standard InChI is InChI=1S/C19H25N3O2/c1-3-5-17(23)22-10-8-21(9-11-22)13-16-12-15-7-4-6-14(2)18(15)20-19(16)24/h4,6-7,12H,3,5,8-11,13H2,1-2H3,(H,20,24). The molecule has 0 saturated carbocycles. The number of rotatable bonds is 4. The van der Waals surface area contributed by atoms with E-state index in [4.69, 9.17) is 0 Å². The van der Waals surface area contributed by atoms with Gasteiger partial charge in [0, 0.05) is 44.7 Å². The molecular weight excluding hydrogens is 302 g/mol. The van der Waals surface area contributed by atoms with E-state index in [9.17, 15) is 9.59 Å². The fourth-order valence-electron chi connectivity index (χ4n) is 3.31. The molecule has 0 bridgehead atoms. The van der Waals surface area contributed by atoms with Crippen molar-refractivity contribution < 1.29 is 4.79 Å². The van der Waals surface area contributed by atoms with Gasteiger partial charge >= 0.3 is 0 Å². The predicted molar refractivity (Wildman–Crippen MR) is 96.1 cm³/mol. The lowest BCUT2D eigenvalue weighted by Crippen LogP contribution is -2.48. The Kier molecular flexibility index (Phi) is 5.00. The van der Waals surface area contributed by atoms with Crippen molar-refractivity contribution in [3.05, 3.63) is 45.7 Å². The van der Waals surface area contributed by atoms with E-state index < -0.39 is 0 Å². The number of nitrogens with one attached hydrogen (secondary N) is 1. The topological polar surface area (TPSA) is 56.4 Å². The first kappa shape index (κ1) is 16.7. The number of benzene rings is 1. The molecule has 128 valence electrons. The summed E-state index contributed by atoms with van der Waals surface area (Å²) in [6, 6.07) is 8.04. The van der Waals surface area contributed by atoms with Gasteiger partial charge in [-0.25, -0.2) is 0 Å². The van der Waals surface area contributed by atoms with Gasteiger partial charge in [0.25, 0.3) is 5.56 Å². The Morgan fingerprint density at radius 3 is 2.67 bits per heavy atom. The largest absolute Gasteiger partial charge is 0.340 e. The molecule has 2 aromatic rings. The summed E-state index contributed by atoms with van der Waals surface area (Å²) < 4.78 is 0. The molecule has 0 atom stereocenters. The maximum Gasteiger partial charge on any atom is 0.252 e. The van der Waals surface area contributed by atoms with Crippen LogP contribution in [-0.2, 0) is 11.3 Å². The van der Waals surface area contributed by atoms with Crippen molar-refractivity contribution in [1.29, 1.82) is 0 Å². The van der Waals surface area contributed by atoms with E-state index in [-0.39, 0.29) is 11.5 Å². The molecular formula is C19H25N3O2. The number of carbonyl (C=O) groups is 1. The molecule has 1 amide bonds. The highest BCUT2D eigenvalue weighted by Crippen LogP contribution is 2.16. The molecule has 1 aromatic carbocycles. The van der Waals surface area contributed by atoms with Gasteiger partial charge in [0.05, 0.1) is 5.52 Å². The molecule has 24 heavy (non-hydrogen) atoms. The Hall–Kier alpha value is -2.14. The minimum atomic E-state index is -0.0127. The zero-order valence-electron chi connectivity index (χ0n) is 14.5. The Bertz CT molecular complexity index is 789. The third kappa shape index (κ3) is 3.51. The van der Waals surface area contributed by atoms with Crippen LogP contribution in [0.2, 0.25) is 0 Å². The molecule has 1 fully saturated rings. The van der Waals surface area contributed by atoms with Gasteiger partial charge in [0.1, 0.15) is 0 Å². The van der Waals surface area contributed by atoms with Crippen molar-refractivity contribution in [3.63, 3.8) is 0 Å². The first-order chi connectivity index (χ1) is 11.6. The van der Waals surface area contributed by atoms with Crippen molar-refractivity contribution >= 4 is 16.8 Å². The fourth-order valence-corrected chi connectivity index (χ4v) is 3.31. The molecule has 3 rings (SSSR count). The SMILES string of the molecule is CCCC(=O)N1CCN(Cc2cc3cccc(C)c3[nH]c2=O)CC1. The minimum absolute atomic E-state index is 0.0127. The van der Waals surface area contributed by atoms with Crippen LogP contribution in [0.3, 0.4) is 0 Å². The first-order valence-corrected chi connectivity index (χ1v) is 8.70. The number of piperazine rings is 1. The van der Waals surface area contributed by atoms with Crippen molar-refractivity contribution in [2.75, 3.05) is 26.2 Å². The van der Waals surface area contributed by atoms with E-state index in [1.165, 1.54) is 0 Å². The Morgan fingerprint density at radius 2 is 1.96 bits per heavy atom. The number of aromatic amines is 1. The average molecular weight is 327 g/mol. The zero-order chi connectivity index (χ0) is 17.1. The highest BCUT2D eigenvalue weighted by molar-refractivity contribution is 5.81. The second-order valence-corrected chi connectivity index (χ2v) is 6.57. The number of H-pyrrole nitrogens is 1. The van der Waals surface area contributed by atoms with Crippen LogP contribution in [0.15, 0.2) is 29.1 Å². The van der Waals surface area contributed by atoms with Crippen LogP contribution in [0.25, 0.3) is 10.9 Å². The Morgan fingerprint density at radius 1 is 1.21 bits per heavy atom. The molecule has 1 aromatic heterocycles. The van der Waals surface area contributed by atoms with Gasteiger partial charge in [-0.15, -0.1) is 0 Å². The van der Waals surface area contributed by atoms with Crippen LogP contribution in [0.5, 0.6) is 0 Å². The number of hydrogen-bond donors (Lipinski definition) is 1.